The first-order valence-electron chi connectivity index (χ1n) is 8.62. The molecule has 0 aliphatic carbocycles. The van der Waals surface area contributed by atoms with Crippen molar-refractivity contribution in [3.63, 3.8) is 0 Å². The van der Waals surface area contributed by atoms with Gasteiger partial charge in [0.1, 0.15) is 5.69 Å². The monoisotopic (exact) mass is 430 g/mol. The molecule has 4 aromatic rings. The third-order valence-electron chi connectivity index (χ3n) is 3.75. The van der Waals surface area contributed by atoms with Crippen LogP contribution < -0.4 is 10.6 Å². The number of carbonyl (C=O) groups excluding carboxylic acids is 1. The van der Waals surface area contributed by atoms with E-state index in [1.165, 1.54) is 23.7 Å². The number of aromatic nitrogens is 6. The molecule has 0 unspecified atom stereocenters. The van der Waals surface area contributed by atoms with Gasteiger partial charge in [-0.25, -0.2) is 9.78 Å². The number of benzene rings is 1. The number of hydrogen-bond acceptors (Lipinski definition) is 9. The molecule has 0 fully saturated rings. The molecule has 0 spiro atoms. The summed E-state index contributed by atoms with van der Waals surface area (Å²) in [6.07, 6.45) is 4.78. The molecule has 148 valence electrons. The lowest BCUT2D eigenvalue weighted by Gasteiger charge is -2.05. The van der Waals surface area contributed by atoms with E-state index >= 15 is 0 Å². The normalized spacial score (nSPS) is 10.8. The molecule has 1 aromatic carbocycles. The minimum absolute atomic E-state index is 0.266. The summed E-state index contributed by atoms with van der Waals surface area (Å²) in [7, 11) is 0. The van der Waals surface area contributed by atoms with E-state index < -0.39 is 6.09 Å². The third-order valence-corrected chi connectivity index (χ3v) is 5.01. The number of aromatic amines is 1. The van der Waals surface area contributed by atoms with Crippen molar-refractivity contribution in [3.05, 3.63) is 35.7 Å². The lowest BCUT2D eigenvalue weighted by atomic mass is 10.2. The summed E-state index contributed by atoms with van der Waals surface area (Å²) in [5.41, 5.74) is 2.00. The quantitative estimate of drug-likeness (QED) is 0.414. The van der Waals surface area contributed by atoms with Crippen LogP contribution in [-0.4, -0.2) is 43.1 Å². The van der Waals surface area contributed by atoms with E-state index in [1.807, 2.05) is 19.1 Å². The molecule has 0 radical (unpaired) electrons. The first kappa shape index (κ1) is 19.0. The van der Waals surface area contributed by atoms with Gasteiger partial charge < -0.3 is 10.1 Å². The number of nitrogens with zero attached hydrogens (tertiary/aromatic N) is 5. The van der Waals surface area contributed by atoms with Crippen LogP contribution >= 0.6 is 22.9 Å². The zero-order chi connectivity index (χ0) is 20.2. The van der Waals surface area contributed by atoms with Crippen LogP contribution in [0.5, 0.6) is 0 Å². The highest BCUT2D eigenvalue weighted by Gasteiger charge is 2.13. The Morgan fingerprint density at radius 3 is 3.03 bits per heavy atom. The number of fused-ring (bicyclic) bond motifs is 1. The molecule has 0 saturated carbocycles. The molecule has 3 aromatic heterocycles. The topological polar surface area (TPSA) is 131 Å². The van der Waals surface area contributed by atoms with E-state index in [1.54, 1.807) is 6.20 Å². The number of rotatable bonds is 6. The van der Waals surface area contributed by atoms with E-state index in [2.05, 4.69) is 41.0 Å². The maximum Gasteiger partial charge on any atom is 0.412 e. The fourth-order valence-corrected chi connectivity index (χ4v) is 3.41. The molecule has 12 heteroatoms. The van der Waals surface area contributed by atoms with Crippen LogP contribution in [0.1, 0.15) is 13.3 Å². The summed E-state index contributed by atoms with van der Waals surface area (Å²) in [5.74, 6) is 0.266. The summed E-state index contributed by atoms with van der Waals surface area (Å²) in [5, 5.41) is 23.2. The Labute approximate surface area is 173 Å². The van der Waals surface area contributed by atoms with Crippen molar-refractivity contribution in [2.75, 3.05) is 17.2 Å². The summed E-state index contributed by atoms with van der Waals surface area (Å²) in [6.45, 7) is 2.24. The zero-order valence-corrected chi connectivity index (χ0v) is 16.7. The molecule has 1 amide bonds. The SMILES string of the molecule is CCCOC(=O)Nc1cncc(-c2nnc(Nc3ccc4[nH]ncc4c3Cl)s2)n1. The molecule has 4 rings (SSSR count). The van der Waals surface area contributed by atoms with Gasteiger partial charge >= 0.3 is 6.09 Å². The minimum atomic E-state index is -0.581. The summed E-state index contributed by atoms with van der Waals surface area (Å²) in [6, 6.07) is 3.70. The second-order valence-corrected chi connectivity index (χ2v) is 7.20. The summed E-state index contributed by atoms with van der Waals surface area (Å²) < 4.78 is 4.97. The molecule has 0 saturated heterocycles. The Balaban J connectivity index is 1.50. The molecule has 0 bridgehead atoms. The zero-order valence-electron chi connectivity index (χ0n) is 15.1. The first-order valence-corrected chi connectivity index (χ1v) is 9.82. The number of carbonyl (C=O) groups is 1. The number of ether oxygens (including phenoxy) is 1. The molecule has 29 heavy (non-hydrogen) atoms. The van der Waals surface area contributed by atoms with E-state index in [-0.39, 0.29) is 5.82 Å². The van der Waals surface area contributed by atoms with Gasteiger partial charge in [0.25, 0.3) is 0 Å². The maximum absolute atomic E-state index is 11.7. The van der Waals surface area contributed by atoms with Crippen LogP contribution in [-0.2, 0) is 4.74 Å². The van der Waals surface area contributed by atoms with Gasteiger partial charge in [-0.15, -0.1) is 10.2 Å². The van der Waals surface area contributed by atoms with Crippen molar-refractivity contribution in [2.45, 2.75) is 13.3 Å². The van der Waals surface area contributed by atoms with Crippen LogP contribution in [0.15, 0.2) is 30.7 Å². The second kappa shape index (κ2) is 8.37. The molecular weight excluding hydrogens is 416 g/mol. The highest BCUT2D eigenvalue weighted by Crippen LogP contribution is 2.34. The molecule has 0 aliphatic rings. The van der Waals surface area contributed by atoms with Gasteiger partial charge in [0.2, 0.25) is 5.13 Å². The van der Waals surface area contributed by atoms with Crippen LogP contribution in [0.25, 0.3) is 21.6 Å². The minimum Gasteiger partial charge on any atom is -0.449 e. The number of H-pyrrole nitrogens is 1. The Kier molecular flexibility index (Phi) is 5.49. The van der Waals surface area contributed by atoms with Crippen LogP contribution in [0.2, 0.25) is 5.02 Å². The maximum atomic E-state index is 11.7. The number of anilines is 3. The fraction of sp³-hybridized carbons (Fsp3) is 0.176. The third kappa shape index (κ3) is 4.25. The molecule has 3 heterocycles. The second-order valence-electron chi connectivity index (χ2n) is 5.85. The number of halogens is 1. The summed E-state index contributed by atoms with van der Waals surface area (Å²) >= 11 is 7.70. The molecule has 0 aliphatic heterocycles. The van der Waals surface area contributed by atoms with Gasteiger partial charge in [0, 0.05) is 5.39 Å². The van der Waals surface area contributed by atoms with Gasteiger partial charge in [-0.1, -0.05) is 29.9 Å². The van der Waals surface area contributed by atoms with Gasteiger partial charge in [-0.2, -0.15) is 5.10 Å². The number of amides is 1. The Morgan fingerprint density at radius 2 is 2.17 bits per heavy atom. The molecule has 3 N–H and O–H groups in total. The first-order chi connectivity index (χ1) is 14.1. The lowest BCUT2D eigenvalue weighted by Crippen LogP contribution is -2.15. The number of hydrogen-bond donors (Lipinski definition) is 3. The van der Waals surface area contributed by atoms with Gasteiger partial charge in [0.05, 0.1) is 41.4 Å². The van der Waals surface area contributed by atoms with Crippen LogP contribution in [0.3, 0.4) is 0 Å². The van der Waals surface area contributed by atoms with Crippen molar-refractivity contribution >= 4 is 56.6 Å². The van der Waals surface area contributed by atoms with Crippen LogP contribution in [0, 0.1) is 0 Å². The van der Waals surface area contributed by atoms with E-state index in [9.17, 15) is 4.79 Å². The lowest BCUT2D eigenvalue weighted by molar-refractivity contribution is 0.161. The fourth-order valence-electron chi connectivity index (χ4n) is 2.44. The Morgan fingerprint density at radius 1 is 1.28 bits per heavy atom. The smallest absolute Gasteiger partial charge is 0.412 e. The van der Waals surface area contributed by atoms with E-state index in [0.717, 1.165) is 17.3 Å². The van der Waals surface area contributed by atoms with Crippen LogP contribution in [0.4, 0.5) is 21.4 Å². The predicted molar refractivity (Wildman–Crippen MR) is 111 cm³/mol. The van der Waals surface area contributed by atoms with Crippen molar-refractivity contribution in [1.82, 2.24) is 30.4 Å². The van der Waals surface area contributed by atoms with E-state index in [4.69, 9.17) is 16.3 Å². The average Bonchev–Trinajstić information content (AvgIpc) is 3.39. The van der Waals surface area contributed by atoms with E-state index in [0.29, 0.717) is 33.2 Å². The molecular formula is C17H15ClN8O2S. The molecule has 10 nitrogen and oxygen atoms in total. The standard InChI is InChI=1S/C17H15ClN8O2S/c1-2-5-28-17(27)23-13-8-19-7-12(21-13)15-25-26-16(29-15)22-11-4-3-10-9(14(11)18)6-20-24-10/h3-4,6-8H,2,5H2,1H3,(H,20,24)(H,22,26)(H,21,23,27). The largest absolute Gasteiger partial charge is 0.449 e. The highest BCUT2D eigenvalue weighted by atomic mass is 35.5. The van der Waals surface area contributed by atoms with Gasteiger partial charge in [-0.3, -0.25) is 15.4 Å². The number of nitrogens with one attached hydrogen (secondary N) is 3. The van der Waals surface area contributed by atoms with Crippen molar-refractivity contribution < 1.29 is 9.53 Å². The van der Waals surface area contributed by atoms with Crippen molar-refractivity contribution in [3.8, 4) is 10.7 Å². The summed E-state index contributed by atoms with van der Waals surface area (Å²) in [4.78, 5) is 20.1. The van der Waals surface area contributed by atoms with Gasteiger partial charge in [-0.05, 0) is 18.6 Å². The van der Waals surface area contributed by atoms with Crippen molar-refractivity contribution in [2.24, 2.45) is 0 Å². The van der Waals surface area contributed by atoms with Crippen molar-refractivity contribution in [1.29, 1.82) is 0 Å². The van der Waals surface area contributed by atoms with Gasteiger partial charge in [0.15, 0.2) is 10.8 Å². The average molecular weight is 431 g/mol. The Bertz CT molecular complexity index is 1160. The molecule has 0 atom stereocenters. The predicted octanol–water partition coefficient (Wildman–Crippen LogP) is 4.23. The highest BCUT2D eigenvalue weighted by molar-refractivity contribution is 7.18. The Hall–Kier alpha value is -3.31.